The molecule has 2 aromatic carbocycles. The Hall–Kier alpha value is -2.05. The molecule has 1 unspecified atom stereocenters. The van der Waals surface area contributed by atoms with E-state index in [1.165, 1.54) is 0 Å². The third kappa shape index (κ3) is 4.97. The van der Waals surface area contributed by atoms with Crippen LogP contribution in [0.25, 0.3) is 0 Å². The molecule has 2 amide bonds. The average Bonchev–Trinajstić information content (AvgIpc) is 2.49. The monoisotopic (exact) mass is 365 g/mol. The molecule has 2 aromatic rings. The quantitative estimate of drug-likeness (QED) is 0.829. The van der Waals surface area contributed by atoms with Gasteiger partial charge in [0.1, 0.15) is 0 Å². The highest BCUT2D eigenvalue weighted by Crippen LogP contribution is 2.20. The molecule has 5 nitrogen and oxygen atoms in total. The fraction of sp³-hybridized carbons (Fsp3) is 0.235. The predicted molar refractivity (Wildman–Crippen MR) is 98.8 cm³/mol. The van der Waals surface area contributed by atoms with Crippen molar-refractivity contribution in [2.75, 3.05) is 4.72 Å². The second-order valence-electron chi connectivity index (χ2n) is 5.64. The Labute approximate surface area is 147 Å². The van der Waals surface area contributed by atoms with Gasteiger partial charge < -0.3 is 5.32 Å². The van der Waals surface area contributed by atoms with Gasteiger partial charge in [0, 0.05) is 16.8 Å². The second kappa shape index (κ2) is 7.68. The Kier molecular flexibility index (Phi) is 5.85. The number of benzene rings is 2. The van der Waals surface area contributed by atoms with Gasteiger partial charge in [-0.1, -0.05) is 29.3 Å². The van der Waals surface area contributed by atoms with Crippen molar-refractivity contribution in [2.45, 2.75) is 31.7 Å². The van der Waals surface area contributed by atoms with Crippen LogP contribution in [-0.4, -0.2) is 16.3 Å². The average molecular weight is 366 g/mol. The van der Waals surface area contributed by atoms with Crippen LogP contribution in [0.4, 0.5) is 10.5 Å². The molecule has 2 N–H and O–H groups in total. The van der Waals surface area contributed by atoms with Crippen LogP contribution in [0.15, 0.2) is 57.8 Å². The Morgan fingerprint density at radius 2 is 1.67 bits per heavy atom. The molecule has 7 heteroatoms. The Morgan fingerprint density at radius 3 is 2.21 bits per heavy atom. The minimum atomic E-state index is -3.18. The van der Waals surface area contributed by atoms with Gasteiger partial charge in [0.15, 0.2) is 9.92 Å². The number of hydrogen-bond acceptors (Lipinski definition) is 2. The molecule has 1 atom stereocenters. The number of urea groups is 1. The van der Waals surface area contributed by atoms with E-state index in [1.807, 2.05) is 32.9 Å². The number of carbonyl (C=O) groups excluding carboxylic acids is 1. The molecule has 24 heavy (non-hydrogen) atoms. The Balaban J connectivity index is 2.46. The number of rotatable bonds is 4. The van der Waals surface area contributed by atoms with Crippen molar-refractivity contribution in [2.24, 2.45) is 4.36 Å². The standard InChI is InChI=1S/C17H20ClN3O2S/c1-12(2)19-17(22)21-24(23,16-10-4-13(3)5-11-16)20-15-8-6-14(18)7-9-15/h4-12H,1-3H3,(H2,19,20,21,22,23). The number of nitrogens with zero attached hydrogens (tertiary/aromatic N) is 1. The van der Waals surface area contributed by atoms with E-state index in [2.05, 4.69) is 14.4 Å². The molecule has 0 fully saturated rings. The summed E-state index contributed by atoms with van der Waals surface area (Å²) in [6.45, 7) is 5.56. The minimum absolute atomic E-state index is 0.0987. The number of nitrogens with one attached hydrogen (secondary N) is 2. The number of halogens is 1. The molecule has 128 valence electrons. The van der Waals surface area contributed by atoms with E-state index in [4.69, 9.17) is 11.6 Å². The zero-order chi connectivity index (χ0) is 17.7. The van der Waals surface area contributed by atoms with Gasteiger partial charge in [0.2, 0.25) is 0 Å². The summed E-state index contributed by atoms with van der Waals surface area (Å²) in [5, 5.41) is 3.20. The van der Waals surface area contributed by atoms with Crippen LogP contribution in [0.5, 0.6) is 0 Å². The lowest BCUT2D eigenvalue weighted by molar-refractivity contribution is 0.247. The van der Waals surface area contributed by atoms with Gasteiger partial charge in [0.25, 0.3) is 0 Å². The van der Waals surface area contributed by atoms with Crippen LogP contribution in [0.1, 0.15) is 19.4 Å². The van der Waals surface area contributed by atoms with Crippen molar-refractivity contribution in [3.63, 3.8) is 0 Å². The van der Waals surface area contributed by atoms with E-state index in [1.54, 1.807) is 36.4 Å². The van der Waals surface area contributed by atoms with Crippen molar-refractivity contribution in [3.05, 3.63) is 59.1 Å². The van der Waals surface area contributed by atoms with Crippen molar-refractivity contribution >= 4 is 33.2 Å². The van der Waals surface area contributed by atoms with Gasteiger partial charge in [-0.2, -0.15) is 0 Å². The van der Waals surface area contributed by atoms with E-state index >= 15 is 0 Å². The topological polar surface area (TPSA) is 70.6 Å². The number of amides is 2. The van der Waals surface area contributed by atoms with Gasteiger partial charge in [-0.15, -0.1) is 4.36 Å². The predicted octanol–water partition coefficient (Wildman–Crippen LogP) is 4.62. The van der Waals surface area contributed by atoms with E-state index in [0.29, 0.717) is 15.6 Å². The van der Waals surface area contributed by atoms with Crippen molar-refractivity contribution in [1.29, 1.82) is 0 Å². The number of aryl methyl sites for hydroxylation is 1. The molecular formula is C17H20ClN3O2S. The third-order valence-electron chi connectivity index (χ3n) is 3.06. The molecule has 0 radical (unpaired) electrons. The van der Waals surface area contributed by atoms with Crippen LogP contribution in [-0.2, 0) is 9.92 Å². The van der Waals surface area contributed by atoms with Gasteiger partial charge in [0.05, 0.1) is 4.90 Å². The first-order valence-electron chi connectivity index (χ1n) is 7.46. The summed E-state index contributed by atoms with van der Waals surface area (Å²) in [6, 6.07) is 13.1. The van der Waals surface area contributed by atoms with Crippen molar-refractivity contribution in [3.8, 4) is 0 Å². The summed E-state index contributed by atoms with van der Waals surface area (Å²) in [7, 11) is -3.18. The van der Waals surface area contributed by atoms with Crippen LogP contribution < -0.4 is 10.0 Å². The largest absolute Gasteiger partial charge is 0.351 e. The lowest BCUT2D eigenvalue weighted by Gasteiger charge is -2.14. The van der Waals surface area contributed by atoms with Crippen molar-refractivity contribution < 1.29 is 9.00 Å². The van der Waals surface area contributed by atoms with Gasteiger partial charge in [-0.05, 0) is 57.2 Å². The summed E-state index contributed by atoms with van der Waals surface area (Å²) >= 11 is 5.87. The molecule has 0 bridgehead atoms. The number of hydrogen-bond donors (Lipinski definition) is 2. The molecule has 0 aliphatic carbocycles. The fourth-order valence-electron chi connectivity index (χ4n) is 1.92. The fourth-order valence-corrected chi connectivity index (χ4v) is 3.57. The maximum Gasteiger partial charge on any atom is 0.351 e. The molecule has 0 aliphatic heterocycles. The first-order valence-corrected chi connectivity index (χ1v) is 9.35. The summed E-state index contributed by atoms with van der Waals surface area (Å²) in [5.74, 6) is 0. The molecule has 0 aliphatic rings. The maximum atomic E-state index is 13.4. The van der Waals surface area contributed by atoms with Gasteiger partial charge >= 0.3 is 6.03 Å². The minimum Gasteiger partial charge on any atom is -0.333 e. The van der Waals surface area contributed by atoms with Gasteiger partial charge in [-0.25, -0.2) is 9.00 Å². The molecule has 0 saturated carbocycles. The molecule has 0 saturated heterocycles. The molecule has 0 heterocycles. The lowest BCUT2D eigenvalue weighted by atomic mass is 10.2. The van der Waals surface area contributed by atoms with Crippen LogP contribution in [0, 0.1) is 6.92 Å². The van der Waals surface area contributed by atoms with Crippen LogP contribution in [0.2, 0.25) is 5.02 Å². The molecule has 0 spiro atoms. The highest BCUT2D eigenvalue weighted by Gasteiger charge is 2.16. The third-order valence-corrected chi connectivity index (χ3v) is 5.16. The van der Waals surface area contributed by atoms with Gasteiger partial charge in [-0.3, -0.25) is 4.72 Å². The highest BCUT2D eigenvalue weighted by molar-refractivity contribution is 7.95. The number of anilines is 1. The highest BCUT2D eigenvalue weighted by atomic mass is 35.5. The van der Waals surface area contributed by atoms with E-state index < -0.39 is 15.9 Å². The summed E-state index contributed by atoms with van der Waals surface area (Å²) in [4.78, 5) is 12.5. The van der Waals surface area contributed by atoms with Crippen molar-refractivity contribution in [1.82, 2.24) is 5.32 Å². The zero-order valence-corrected chi connectivity index (χ0v) is 15.3. The SMILES string of the molecule is Cc1ccc(S(=O)(=NC(=O)NC(C)C)Nc2ccc(Cl)cc2)cc1. The molecule has 2 rings (SSSR count). The van der Waals surface area contributed by atoms with Crippen LogP contribution >= 0.6 is 11.6 Å². The second-order valence-corrected chi connectivity index (χ2v) is 7.99. The lowest BCUT2D eigenvalue weighted by Crippen LogP contribution is -2.29. The normalized spacial score (nSPS) is 13.2. The van der Waals surface area contributed by atoms with E-state index in [9.17, 15) is 9.00 Å². The maximum absolute atomic E-state index is 13.4. The van der Waals surface area contributed by atoms with E-state index in [0.717, 1.165) is 5.56 Å². The summed E-state index contributed by atoms with van der Waals surface area (Å²) < 4.78 is 20.1. The molecule has 0 aromatic heterocycles. The van der Waals surface area contributed by atoms with Crippen LogP contribution in [0.3, 0.4) is 0 Å². The smallest absolute Gasteiger partial charge is 0.333 e. The molecular weight excluding hydrogens is 346 g/mol. The zero-order valence-electron chi connectivity index (χ0n) is 13.7. The number of carbonyl (C=O) groups is 1. The summed E-state index contributed by atoms with van der Waals surface area (Å²) in [5.41, 5.74) is 1.59. The van der Waals surface area contributed by atoms with E-state index in [-0.39, 0.29) is 6.04 Å². The Bertz CT molecular complexity index is 824. The first-order chi connectivity index (χ1) is 11.3. The summed E-state index contributed by atoms with van der Waals surface area (Å²) in [6.07, 6.45) is 0. The Morgan fingerprint density at radius 1 is 1.08 bits per heavy atom. The first kappa shape index (κ1) is 18.3.